The van der Waals surface area contributed by atoms with E-state index in [-0.39, 0.29) is 5.91 Å². The summed E-state index contributed by atoms with van der Waals surface area (Å²) < 4.78 is 24.1. The van der Waals surface area contributed by atoms with Crippen LogP contribution in [0.4, 0.5) is 10.1 Å². The maximum atomic E-state index is 13.1. The van der Waals surface area contributed by atoms with Gasteiger partial charge in [-0.05, 0) is 50.2 Å². The predicted molar refractivity (Wildman–Crippen MR) is 83.1 cm³/mol. The highest BCUT2D eigenvalue weighted by atomic mass is 19.1. The lowest BCUT2D eigenvalue weighted by atomic mass is 10.2. The Morgan fingerprint density at radius 2 is 1.77 bits per heavy atom. The molecule has 2 aromatic carbocycles. The summed E-state index contributed by atoms with van der Waals surface area (Å²) in [6, 6.07) is 10.7. The van der Waals surface area contributed by atoms with Crippen molar-refractivity contribution < 1.29 is 18.7 Å². The number of anilines is 1. The molecule has 5 heteroatoms. The third kappa shape index (κ3) is 3.97. The van der Waals surface area contributed by atoms with E-state index in [0.29, 0.717) is 36.0 Å². The van der Waals surface area contributed by atoms with Gasteiger partial charge in [-0.3, -0.25) is 4.79 Å². The van der Waals surface area contributed by atoms with Crippen LogP contribution in [0.1, 0.15) is 24.2 Å². The molecule has 4 nitrogen and oxygen atoms in total. The number of hydrogen-bond donors (Lipinski definition) is 1. The topological polar surface area (TPSA) is 47.6 Å². The summed E-state index contributed by atoms with van der Waals surface area (Å²) in [6.07, 6.45) is 0. The van der Waals surface area contributed by atoms with E-state index in [1.54, 1.807) is 24.3 Å². The van der Waals surface area contributed by atoms with Crippen LogP contribution in [0.15, 0.2) is 42.5 Å². The molecule has 0 spiro atoms. The van der Waals surface area contributed by atoms with Gasteiger partial charge in [0.25, 0.3) is 5.91 Å². The normalized spacial score (nSPS) is 10.1. The lowest BCUT2D eigenvalue weighted by Crippen LogP contribution is -2.12. The molecular formula is C17H18FNO3. The van der Waals surface area contributed by atoms with Crippen molar-refractivity contribution in [1.82, 2.24) is 0 Å². The van der Waals surface area contributed by atoms with Gasteiger partial charge in [0.1, 0.15) is 5.82 Å². The molecule has 0 bridgehead atoms. The van der Waals surface area contributed by atoms with Gasteiger partial charge >= 0.3 is 0 Å². The van der Waals surface area contributed by atoms with Crippen LogP contribution in [-0.4, -0.2) is 19.1 Å². The summed E-state index contributed by atoms with van der Waals surface area (Å²) in [5.74, 6) is 0.358. The van der Waals surface area contributed by atoms with Crippen LogP contribution < -0.4 is 14.8 Å². The van der Waals surface area contributed by atoms with E-state index in [1.807, 2.05) is 13.8 Å². The minimum atomic E-state index is -0.403. The van der Waals surface area contributed by atoms with Crippen molar-refractivity contribution >= 4 is 11.6 Å². The smallest absolute Gasteiger partial charge is 0.255 e. The third-order valence-electron chi connectivity index (χ3n) is 2.89. The molecule has 2 aromatic rings. The van der Waals surface area contributed by atoms with Gasteiger partial charge < -0.3 is 14.8 Å². The van der Waals surface area contributed by atoms with E-state index in [9.17, 15) is 9.18 Å². The van der Waals surface area contributed by atoms with Gasteiger partial charge in [-0.2, -0.15) is 0 Å². The Labute approximate surface area is 128 Å². The number of amides is 1. The van der Waals surface area contributed by atoms with Gasteiger partial charge in [-0.25, -0.2) is 4.39 Å². The number of carbonyl (C=O) groups excluding carboxylic acids is 1. The number of ether oxygens (including phenoxy) is 2. The Kier molecular flexibility index (Phi) is 5.36. The SMILES string of the molecule is CCOc1ccc(C(=O)Nc2cccc(F)c2)cc1OCC. The molecule has 0 heterocycles. The zero-order valence-corrected chi connectivity index (χ0v) is 12.6. The zero-order valence-electron chi connectivity index (χ0n) is 12.6. The lowest BCUT2D eigenvalue weighted by molar-refractivity contribution is 0.102. The van der Waals surface area contributed by atoms with Crippen molar-refractivity contribution in [3.05, 3.63) is 53.8 Å². The summed E-state index contributed by atoms with van der Waals surface area (Å²) in [5.41, 5.74) is 0.813. The van der Waals surface area contributed by atoms with Gasteiger partial charge in [0, 0.05) is 11.3 Å². The molecule has 0 aliphatic rings. The molecule has 2 rings (SSSR count). The Balaban J connectivity index is 2.20. The monoisotopic (exact) mass is 303 g/mol. The fourth-order valence-electron chi connectivity index (χ4n) is 1.96. The number of rotatable bonds is 6. The molecule has 0 radical (unpaired) electrons. The molecule has 0 fully saturated rings. The summed E-state index contributed by atoms with van der Waals surface area (Å²) in [5, 5.41) is 2.64. The van der Waals surface area contributed by atoms with Crippen LogP contribution in [-0.2, 0) is 0 Å². The molecule has 0 unspecified atom stereocenters. The molecular weight excluding hydrogens is 285 g/mol. The van der Waals surface area contributed by atoms with Crippen molar-refractivity contribution in [1.29, 1.82) is 0 Å². The van der Waals surface area contributed by atoms with Crippen molar-refractivity contribution in [3.8, 4) is 11.5 Å². The maximum absolute atomic E-state index is 13.1. The van der Waals surface area contributed by atoms with Crippen molar-refractivity contribution in [2.24, 2.45) is 0 Å². The van der Waals surface area contributed by atoms with E-state index in [1.165, 1.54) is 18.2 Å². The zero-order chi connectivity index (χ0) is 15.9. The van der Waals surface area contributed by atoms with Gasteiger partial charge in [0.15, 0.2) is 11.5 Å². The molecule has 0 atom stereocenters. The molecule has 0 saturated heterocycles. The molecule has 0 aliphatic heterocycles. The van der Waals surface area contributed by atoms with Crippen LogP contribution in [0, 0.1) is 5.82 Å². The second kappa shape index (κ2) is 7.45. The first-order chi connectivity index (χ1) is 10.6. The van der Waals surface area contributed by atoms with Crippen LogP contribution in [0.3, 0.4) is 0 Å². The number of halogens is 1. The predicted octanol–water partition coefficient (Wildman–Crippen LogP) is 3.88. The fraction of sp³-hybridized carbons (Fsp3) is 0.235. The first-order valence-electron chi connectivity index (χ1n) is 7.10. The van der Waals surface area contributed by atoms with Crippen LogP contribution in [0.2, 0.25) is 0 Å². The van der Waals surface area contributed by atoms with Crippen molar-refractivity contribution in [2.45, 2.75) is 13.8 Å². The van der Waals surface area contributed by atoms with E-state index < -0.39 is 5.82 Å². The largest absolute Gasteiger partial charge is 0.490 e. The minimum absolute atomic E-state index is 0.338. The first kappa shape index (κ1) is 15.8. The standard InChI is InChI=1S/C17H18FNO3/c1-3-21-15-9-8-12(10-16(15)22-4-2)17(20)19-14-7-5-6-13(18)11-14/h5-11H,3-4H2,1-2H3,(H,19,20). The molecule has 1 amide bonds. The van der Waals surface area contributed by atoms with Crippen molar-refractivity contribution in [2.75, 3.05) is 18.5 Å². The highest BCUT2D eigenvalue weighted by Gasteiger charge is 2.12. The second-order valence-corrected chi connectivity index (χ2v) is 4.49. The number of nitrogens with one attached hydrogen (secondary N) is 1. The maximum Gasteiger partial charge on any atom is 0.255 e. The van der Waals surface area contributed by atoms with Gasteiger partial charge in [-0.1, -0.05) is 6.07 Å². The lowest BCUT2D eigenvalue weighted by Gasteiger charge is -2.12. The summed E-state index contributed by atoms with van der Waals surface area (Å²) in [7, 11) is 0. The van der Waals surface area contributed by atoms with Crippen LogP contribution in [0.5, 0.6) is 11.5 Å². The molecule has 1 N–H and O–H groups in total. The Morgan fingerprint density at radius 1 is 1.05 bits per heavy atom. The van der Waals surface area contributed by atoms with E-state index in [2.05, 4.69) is 5.32 Å². The molecule has 0 aromatic heterocycles. The van der Waals surface area contributed by atoms with Gasteiger partial charge in [-0.15, -0.1) is 0 Å². The quantitative estimate of drug-likeness (QED) is 0.881. The van der Waals surface area contributed by atoms with Crippen molar-refractivity contribution in [3.63, 3.8) is 0 Å². The van der Waals surface area contributed by atoms with E-state index in [0.717, 1.165) is 0 Å². The number of benzene rings is 2. The van der Waals surface area contributed by atoms with Gasteiger partial charge in [0.2, 0.25) is 0 Å². The van der Waals surface area contributed by atoms with E-state index >= 15 is 0 Å². The summed E-state index contributed by atoms with van der Waals surface area (Å²) >= 11 is 0. The first-order valence-corrected chi connectivity index (χ1v) is 7.10. The molecule has 116 valence electrons. The Bertz CT molecular complexity index is 658. The summed E-state index contributed by atoms with van der Waals surface area (Å²) in [4.78, 5) is 12.2. The summed E-state index contributed by atoms with van der Waals surface area (Å²) in [6.45, 7) is 4.71. The Hall–Kier alpha value is -2.56. The molecule has 0 aliphatic carbocycles. The highest BCUT2D eigenvalue weighted by Crippen LogP contribution is 2.28. The number of carbonyl (C=O) groups is 1. The fourth-order valence-corrected chi connectivity index (χ4v) is 1.96. The third-order valence-corrected chi connectivity index (χ3v) is 2.89. The average Bonchev–Trinajstić information content (AvgIpc) is 2.49. The molecule has 0 saturated carbocycles. The second-order valence-electron chi connectivity index (χ2n) is 4.49. The highest BCUT2D eigenvalue weighted by molar-refractivity contribution is 6.04. The van der Waals surface area contributed by atoms with Crippen LogP contribution >= 0.6 is 0 Å². The molecule has 22 heavy (non-hydrogen) atoms. The van der Waals surface area contributed by atoms with E-state index in [4.69, 9.17) is 9.47 Å². The number of hydrogen-bond acceptors (Lipinski definition) is 3. The average molecular weight is 303 g/mol. The minimum Gasteiger partial charge on any atom is -0.490 e. The Morgan fingerprint density at radius 3 is 2.45 bits per heavy atom. The van der Waals surface area contributed by atoms with Crippen LogP contribution in [0.25, 0.3) is 0 Å². The van der Waals surface area contributed by atoms with Gasteiger partial charge in [0.05, 0.1) is 13.2 Å².